The molecule has 3 rings (SSSR count). The quantitative estimate of drug-likeness (QED) is 0.829. The summed E-state index contributed by atoms with van der Waals surface area (Å²) in [6.07, 6.45) is -0.481. The van der Waals surface area contributed by atoms with Crippen LogP contribution in [0.25, 0.3) is 0 Å². The van der Waals surface area contributed by atoms with Crippen molar-refractivity contribution in [2.24, 2.45) is 0 Å². The third kappa shape index (κ3) is 4.34. The highest BCUT2D eigenvalue weighted by Crippen LogP contribution is 2.36. The van der Waals surface area contributed by atoms with Gasteiger partial charge in [0.2, 0.25) is 0 Å². The molecular weight excluding hydrogens is 341 g/mol. The molecule has 1 amide bonds. The number of anilines is 1. The van der Waals surface area contributed by atoms with Crippen molar-refractivity contribution in [1.29, 1.82) is 0 Å². The number of hydrogen-bond donors (Lipinski definition) is 1. The smallest absolute Gasteiger partial charge is 0.444 e. The lowest BCUT2D eigenvalue weighted by atomic mass is 9.78. The van der Waals surface area contributed by atoms with Gasteiger partial charge in [-0.15, -0.1) is 0 Å². The number of benzene rings is 2. The van der Waals surface area contributed by atoms with Crippen molar-refractivity contribution in [1.82, 2.24) is 0 Å². The first kappa shape index (κ1) is 19.5. The fourth-order valence-corrected chi connectivity index (χ4v) is 2.82. The Morgan fingerprint density at radius 2 is 1.67 bits per heavy atom. The van der Waals surface area contributed by atoms with E-state index in [-0.39, 0.29) is 17.8 Å². The zero-order valence-corrected chi connectivity index (χ0v) is 16.5. The minimum absolute atomic E-state index is 0.234. The van der Waals surface area contributed by atoms with Gasteiger partial charge in [-0.1, -0.05) is 42.5 Å². The van der Waals surface area contributed by atoms with Crippen LogP contribution in [0.3, 0.4) is 0 Å². The second-order valence-corrected chi connectivity index (χ2v) is 7.85. The molecule has 1 aliphatic rings. The van der Waals surface area contributed by atoms with Crippen LogP contribution in [0.15, 0.2) is 48.5 Å². The van der Waals surface area contributed by atoms with Crippen LogP contribution in [0.4, 0.5) is 10.5 Å². The molecule has 1 N–H and O–H groups in total. The summed E-state index contributed by atoms with van der Waals surface area (Å²) in [5.74, 6) is 0. The van der Waals surface area contributed by atoms with Crippen LogP contribution in [0.2, 0.25) is 0 Å². The van der Waals surface area contributed by atoms with E-state index < -0.39 is 13.2 Å². The van der Waals surface area contributed by atoms with E-state index in [0.717, 1.165) is 16.6 Å². The molecule has 6 heteroatoms. The lowest BCUT2D eigenvalue weighted by molar-refractivity contribution is 0.00578. The van der Waals surface area contributed by atoms with Crippen LogP contribution < -0.4 is 10.8 Å². The number of hydrogen-bond acceptors (Lipinski definition) is 4. The van der Waals surface area contributed by atoms with Crippen molar-refractivity contribution >= 4 is 24.4 Å². The van der Waals surface area contributed by atoms with Crippen LogP contribution in [-0.4, -0.2) is 24.4 Å². The Bertz CT molecular complexity index is 804. The van der Waals surface area contributed by atoms with Crippen molar-refractivity contribution in [2.45, 2.75) is 52.4 Å². The molecule has 1 saturated heterocycles. The van der Waals surface area contributed by atoms with Gasteiger partial charge in [-0.05, 0) is 57.3 Å². The van der Waals surface area contributed by atoms with E-state index in [1.165, 1.54) is 0 Å². The molecule has 142 valence electrons. The molecule has 0 spiro atoms. The molecule has 0 aromatic heterocycles. The Balaban J connectivity index is 1.62. The van der Waals surface area contributed by atoms with Crippen LogP contribution in [0.5, 0.6) is 0 Å². The van der Waals surface area contributed by atoms with E-state index in [2.05, 4.69) is 5.32 Å². The normalized spacial score (nSPS) is 17.6. The summed E-state index contributed by atoms with van der Waals surface area (Å²) in [7, 11) is -0.423. The molecule has 0 bridgehead atoms. The highest BCUT2D eigenvalue weighted by atomic mass is 16.7. The van der Waals surface area contributed by atoms with E-state index in [0.29, 0.717) is 5.69 Å². The van der Waals surface area contributed by atoms with Crippen LogP contribution in [0, 0.1) is 6.92 Å². The van der Waals surface area contributed by atoms with Crippen LogP contribution in [0.1, 0.15) is 38.8 Å². The second-order valence-electron chi connectivity index (χ2n) is 7.85. The van der Waals surface area contributed by atoms with Crippen molar-refractivity contribution < 1.29 is 18.8 Å². The van der Waals surface area contributed by atoms with Crippen molar-refractivity contribution in [3.05, 3.63) is 59.7 Å². The molecule has 1 aliphatic heterocycles. The summed E-state index contributed by atoms with van der Waals surface area (Å²) in [6.45, 7) is 10.3. The second kappa shape index (κ2) is 7.37. The molecule has 0 radical (unpaired) electrons. The average molecular weight is 367 g/mol. The van der Waals surface area contributed by atoms with Gasteiger partial charge in [0.05, 0.1) is 11.2 Å². The summed E-state index contributed by atoms with van der Waals surface area (Å²) in [4.78, 5) is 12.1. The number of carbonyl (C=O) groups excluding carboxylic acids is 1. The molecule has 0 aliphatic carbocycles. The van der Waals surface area contributed by atoms with Gasteiger partial charge >= 0.3 is 13.2 Å². The highest BCUT2D eigenvalue weighted by molar-refractivity contribution is 6.62. The van der Waals surface area contributed by atoms with Gasteiger partial charge < -0.3 is 14.0 Å². The van der Waals surface area contributed by atoms with Crippen LogP contribution >= 0.6 is 0 Å². The summed E-state index contributed by atoms with van der Waals surface area (Å²) in [5.41, 5.74) is 2.72. The summed E-state index contributed by atoms with van der Waals surface area (Å²) < 4.78 is 17.4. The maximum absolute atomic E-state index is 12.1. The van der Waals surface area contributed by atoms with E-state index in [9.17, 15) is 4.79 Å². The molecule has 1 fully saturated rings. The molecule has 2 aromatic carbocycles. The molecule has 2 aromatic rings. The van der Waals surface area contributed by atoms with Crippen molar-refractivity contribution in [2.75, 3.05) is 5.32 Å². The number of nitrogens with one attached hydrogen (secondary N) is 1. The zero-order chi connectivity index (χ0) is 19.7. The fourth-order valence-electron chi connectivity index (χ4n) is 2.82. The molecule has 0 atom stereocenters. The van der Waals surface area contributed by atoms with Crippen molar-refractivity contribution in [3.63, 3.8) is 0 Å². The van der Waals surface area contributed by atoms with Gasteiger partial charge in [-0.2, -0.15) is 0 Å². The monoisotopic (exact) mass is 367 g/mol. The first-order valence-corrected chi connectivity index (χ1v) is 9.12. The lowest BCUT2D eigenvalue weighted by Gasteiger charge is -2.32. The number of rotatable bonds is 4. The van der Waals surface area contributed by atoms with Crippen LogP contribution in [-0.2, 0) is 20.7 Å². The predicted molar refractivity (Wildman–Crippen MR) is 107 cm³/mol. The Morgan fingerprint density at radius 1 is 1.04 bits per heavy atom. The minimum atomic E-state index is -0.481. The minimum Gasteiger partial charge on any atom is -0.444 e. The van der Waals surface area contributed by atoms with Gasteiger partial charge in [-0.3, -0.25) is 5.32 Å². The Labute approximate surface area is 161 Å². The largest absolute Gasteiger partial charge is 0.494 e. The van der Waals surface area contributed by atoms with Gasteiger partial charge in [0.25, 0.3) is 0 Å². The molecule has 27 heavy (non-hydrogen) atoms. The molecule has 5 nitrogen and oxygen atoms in total. The van der Waals surface area contributed by atoms with Gasteiger partial charge in [0.1, 0.15) is 6.61 Å². The van der Waals surface area contributed by atoms with Crippen molar-refractivity contribution in [3.8, 4) is 0 Å². The predicted octanol–water partition coefficient (Wildman–Crippen LogP) is 4.04. The van der Waals surface area contributed by atoms with Gasteiger partial charge in [-0.25, -0.2) is 4.79 Å². The number of amides is 1. The Hall–Kier alpha value is -2.31. The third-order valence-corrected chi connectivity index (χ3v) is 5.23. The molecule has 1 heterocycles. The highest BCUT2D eigenvalue weighted by Gasteiger charge is 2.51. The van der Waals surface area contributed by atoms with E-state index in [1.54, 1.807) is 0 Å². The summed E-state index contributed by atoms with van der Waals surface area (Å²) in [6, 6.07) is 15.3. The summed E-state index contributed by atoms with van der Waals surface area (Å²) >= 11 is 0. The summed E-state index contributed by atoms with van der Waals surface area (Å²) in [5, 5.41) is 2.79. The first-order chi connectivity index (χ1) is 12.7. The number of ether oxygens (including phenoxy) is 1. The standard InChI is InChI=1S/C21H26BNO4/c1-15-13-17(22-26-20(2,3)21(4,5)27-22)11-12-18(15)23-19(24)25-14-16-9-7-6-8-10-16/h6-13H,14H2,1-5H3,(H,23,24). The maximum Gasteiger partial charge on any atom is 0.494 e. The lowest BCUT2D eigenvalue weighted by Crippen LogP contribution is -2.41. The van der Waals surface area contributed by atoms with Gasteiger partial charge in [0.15, 0.2) is 0 Å². The topological polar surface area (TPSA) is 56.8 Å². The number of aryl methyl sites for hydroxylation is 1. The van der Waals surface area contributed by atoms with E-state index >= 15 is 0 Å². The Morgan fingerprint density at radius 3 is 2.26 bits per heavy atom. The SMILES string of the molecule is Cc1cc(B2OC(C)(C)C(C)(C)O2)ccc1NC(=O)OCc1ccccc1. The zero-order valence-electron chi connectivity index (χ0n) is 16.5. The molecule has 0 unspecified atom stereocenters. The first-order valence-electron chi connectivity index (χ1n) is 9.12. The average Bonchev–Trinajstić information content (AvgIpc) is 2.83. The molecular formula is C21H26BNO4. The van der Waals surface area contributed by atoms with E-state index in [4.69, 9.17) is 14.0 Å². The van der Waals surface area contributed by atoms with Gasteiger partial charge in [0, 0.05) is 5.69 Å². The third-order valence-electron chi connectivity index (χ3n) is 5.23. The number of carbonyl (C=O) groups is 1. The molecule has 0 saturated carbocycles. The van der Waals surface area contributed by atoms with E-state index in [1.807, 2.05) is 83.1 Å². The Kier molecular flexibility index (Phi) is 5.31. The maximum atomic E-state index is 12.1. The fraction of sp³-hybridized carbons (Fsp3) is 0.381.